The van der Waals surface area contributed by atoms with Crippen molar-refractivity contribution in [1.29, 1.82) is 0 Å². The Balaban J connectivity index is 1.93. The van der Waals surface area contributed by atoms with E-state index < -0.39 is 0 Å². The van der Waals surface area contributed by atoms with Gasteiger partial charge in [0, 0.05) is 38.8 Å². The Morgan fingerprint density at radius 1 is 1.30 bits per heavy atom. The largest absolute Gasteiger partial charge is 0.477 e. The molecule has 0 saturated carbocycles. The Morgan fingerprint density at radius 3 is 2.70 bits per heavy atom. The summed E-state index contributed by atoms with van der Waals surface area (Å²) in [6.45, 7) is 9.58. The van der Waals surface area contributed by atoms with E-state index in [1.807, 2.05) is 0 Å². The van der Waals surface area contributed by atoms with Crippen molar-refractivity contribution in [3.05, 3.63) is 12.4 Å². The quantitative estimate of drug-likeness (QED) is 0.828. The number of nitrogens with two attached hydrogens (primary N) is 1. The molecule has 20 heavy (non-hydrogen) atoms. The molecule has 0 bridgehead atoms. The Labute approximate surface area is 120 Å². The van der Waals surface area contributed by atoms with Crippen molar-refractivity contribution < 1.29 is 4.74 Å². The highest BCUT2D eigenvalue weighted by Crippen LogP contribution is 2.16. The summed E-state index contributed by atoms with van der Waals surface area (Å²) in [4.78, 5) is 13.4. The SMILES string of the molecule is CCCOc1cncc(N2CCN(C(C)CN)CC2)n1. The summed E-state index contributed by atoms with van der Waals surface area (Å²) < 4.78 is 5.54. The molecule has 0 aromatic carbocycles. The number of rotatable bonds is 6. The molecule has 2 N–H and O–H groups in total. The highest BCUT2D eigenvalue weighted by molar-refractivity contribution is 5.38. The molecular formula is C14H25N5O. The van der Waals surface area contributed by atoms with Gasteiger partial charge in [-0.25, -0.2) is 0 Å². The average Bonchev–Trinajstić information content (AvgIpc) is 2.52. The first-order valence-corrected chi connectivity index (χ1v) is 7.38. The molecule has 1 unspecified atom stereocenters. The topological polar surface area (TPSA) is 67.5 Å². The summed E-state index contributed by atoms with van der Waals surface area (Å²) in [5, 5.41) is 0. The molecule has 1 aliphatic heterocycles. The first kappa shape index (κ1) is 15.0. The summed E-state index contributed by atoms with van der Waals surface area (Å²) in [5.74, 6) is 1.51. The molecule has 1 atom stereocenters. The summed E-state index contributed by atoms with van der Waals surface area (Å²) in [5.41, 5.74) is 5.72. The zero-order chi connectivity index (χ0) is 14.4. The smallest absolute Gasteiger partial charge is 0.234 e. The predicted molar refractivity (Wildman–Crippen MR) is 80.1 cm³/mol. The van der Waals surface area contributed by atoms with E-state index in [4.69, 9.17) is 10.5 Å². The van der Waals surface area contributed by atoms with Crippen LogP contribution in [0.5, 0.6) is 5.88 Å². The zero-order valence-corrected chi connectivity index (χ0v) is 12.5. The molecule has 1 aliphatic rings. The van der Waals surface area contributed by atoms with Crippen LogP contribution in [-0.2, 0) is 0 Å². The third-order valence-electron chi connectivity index (χ3n) is 3.66. The minimum absolute atomic E-state index is 0.447. The molecular weight excluding hydrogens is 254 g/mol. The van der Waals surface area contributed by atoms with E-state index >= 15 is 0 Å². The number of piperazine rings is 1. The second kappa shape index (κ2) is 7.40. The fraction of sp³-hybridized carbons (Fsp3) is 0.714. The number of ether oxygens (including phenoxy) is 1. The van der Waals surface area contributed by atoms with Crippen molar-refractivity contribution in [2.24, 2.45) is 5.73 Å². The molecule has 1 aromatic rings. The van der Waals surface area contributed by atoms with Crippen LogP contribution < -0.4 is 15.4 Å². The van der Waals surface area contributed by atoms with E-state index in [0.717, 1.165) is 38.4 Å². The van der Waals surface area contributed by atoms with Gasteiger partial charge in [-0.1, -0.05) is 6.92 Å². The van der Waals surface area contributed by atoms with Gasteiger partial charge in [-0.2, -0.15) is 4.98 Å². The van der Waals surface area contributed by atoms with Crippen LogP contribution in [0.25, 0.3) is 0 Å². The van der Waals surface area contributed by atoms with Gasteiger partial charge in [0.1, 0.15) is 0 Å². The van der Waals surface area contributed by atoms with Crippen molar-refractivity contribution >= 4 is 5.82 Å². The molecule has 6 nitrogen and oxygen atoms in total. The van der Waals surface area contributed by atoms with Crippen molar-refractivity contribution in [1.82, 2.24) is 14.9 Å². The number of anilines is 1. The van der Waals surface area contributed by atoms with Crippen LogP contribution >= 0.6 is 0 Å². The monoisotopic (exact) mass is 279 g/mol. The van der Waals surface area contributed by atoms with Gasteiger partial charge in [-0.3, -0.25) is 9.88 Å². The molecule has 2 rings (SSSR count). The van der Waals surface area contributed by atoms with Gasteiger partial charge in [0.2, 0.25) is 5.88 Å². The molecule has 0 aliphatic carbocycles. The lowest BCUT2D eigenvalue weighted by atomic mass is 10.2. The van der Waals surface area contributed by atoms with Crippen LogP contribution in [0.1, 0.15) is 20.3 Å². The molecule has 0 radical (unpaired) electrons. The van der Waals surface area contributed by atoms with Crippen LogP contribution in [0, 0.1) is 0 Å². The Morgan fingerprint density at radius 2 is 2.05 bits per heavy atom. The summed E-state index contributed by atoms with van der Waals surface area (Å²) in [6, 6.07) is 0.447. The lowest BCUT2D eigenvalue weighted by molar-refractivity contribution is 0.200. The van der Waals surface area contributed by atoms with Crippen molar-refractivity contribution in [2.75, 3.05) is 44.2 Å². The van der Waals surface area contributed by atoms with Crippen LogP contribution in [0.2, 0.25) is 0 Å². The van der Waals surface area contributed by atoms with Crippen molar-refractivity contribution in [3.8, 4) is 5.88 Å². The Kier molecular flexibility index (Phi) is 5.55. The maximum absolute atomic E-state index is 5.72. The van der Waals surface area contributed by atoms with Crippen molar-refractivity contribution in [2.45, 2.75) is 26.3 Å². The molecule has 6 heteroatoms. The van der Waals surface area contributed by atoms with Gasteiger partial charge >= 0.3 is 0 Å². The molecule has 1 fully saturated rings. The summed E-state index contributed by atoms with van der Waals surface area (Å²) in [7, 11) is 0. The van der Waals surface area contributed by atoms with Gasteiger partial charge < -0.3 is 15.4 Å². The average molecular weight is 279 g/mol. The van der Waals surface area contributed by atoms with Crippen LogP contribution in [0.3, 0.4) is 0 Å². The maximum atomic E-state index is 5.72. The maximum Gasteiger partial charge on any atom is 0.234 e. The molecule has 0 amide bonds. The van der Waals surface area contributed by atoms with E-state index in [0.29, 0.717) is 25.1 Å². The third kappa shape index (κ3) is 3.80. The number of aromatic nitrogens is 2. The Bertz CT molecular complexity index is 406. The number of hydrogen-bond acceptors (Lipinski definition) is 6. The summed E-state index contributed by atoms with van der Waals surface area (Å²) in [6.07, 6.45) is 4.45. The number of hydrogen-bond donors (Lipinski definition) is 1. The van der Waals surface area contributed by atoms with E-state index in [2.05, 4.69) is 33.6 Å². The minimum atomic E-state index is 0.447. The van der Waals surface area contributed by atoms with Gasteiger partial charge in [-0.05, 0) is 13.3 Å². The highest BCUT2D eigenvalue weighted by atomic mass is 16.5. The molecule has 2 heterocycles. The fourth-order valence-corrected chi connectivity index (χ4v) is 2.31. The van der Waals surface area contributed by atoms with Crippen LogP contribution in [-0.4, -0.2) is 60.2 Å². The van der Waals surface area contributed by atoms with Gasteiger partial charge in [0.25, 0.3) is 0 Å². The van der Waals surface area contributed by atoms with Gasteiger partial charge in [0.15, 0.2) is 5.82 Å². The predicted octanol–water partition coefficient (Wildman–Crippen LogP) is 0.735. The molecule has 112 valence electrons. The molecule has 0 spiro atoms. The Hall–Kier alpha value is -1.40. The highest BCUT2D eigenvalue weighted by Gasteiger charge is 2.21. The normalized spacial score (nSPS) is 18.1. The lowest BCUT2D eigenvalue weighted by Crippen LogP contribution is -2.51. The van der Waals surface area contributed by atoms with E-state index in [-0.39, 0.29) is 0 Å². The first-order valence-electron chi connectivity index (χ1n) is 7.38. The van der Waals surface area contributed by atoms with Crippen LogP contribution in [0.15, 0.2) is 12.4 Å². The van der Waals surface area contributed by atoms with Crippen molar-refractivity contribution in [3.63, 3.8) is 0 Å². The summed E-state index contributed by atoms with van der Waals surface area (Å²) >= 11 is 0. The second-order valence-corrected chi connectivity index (χ2v) is 5.17. The van der Waals surface area contributed by atoms with Gasteiger partial charge in [0.05, 0.1) is 19.0 Å². The molecule has 1 aromatic heterocycles. The lowest BCUT2D eigenvalue weighted by Gasteiger charge is -2.38. The van der Waals surface area contributed by atoms with E-state index in [1.165, 1.54) is 0 Å². The van der Waals surface area contributed by atoms with E-state index in [1.54, 1.807) is 12.4 Å². The standard InChI is InChI=1S/C14H25N5O/c1-3-8-20-14-11-16-10-13(17-14)19-6-4-18(5-7-19)12(2)9-15/h10-12H,3-9,15H2,1-2H3. The molecule has 1 saturated heterocycles. The second-order valence-electron chi connectivity index (χ2n) is 5.17. The first-order chi connectivity index (χ1) is 9.74. The third-order valence-corrected chi connectivity index (χ3v) is 3.66. The number of nitrogens with zero attached hydrogens (tertiary/aromatic N) is 4. The van der Waals surface area contributed by atoms with E-state index in [9.17, 15) is 0 Å². The zero-order valence-electron chi connectivity index (χ0n) is 12.5. The fourth-order valence-electron chi connectivity index (χ4n) is 2.31. The van der Waals surface area contributed by atoms with Gasteiger partial charge in [-0.15, -0.1) is 0 Å². The minimum Gasteiger partial charge on any atom is -0.477 e. The van der Waals surface area contributed by atoms with Crippen LogP contribution in [0.4, 0.5) is 5.82 Å².